The van der Waals surface area contributed by atoms with Gasteiger partial charge in [0.05, 0.1) is 11.6 Å². The van der Waals surface area contributed by atoms with Crippen LogP contribution in [0.5, 0.6) is 0 Å². The van der Waals surface area contributed by atoms with Gasteiger partial charge in [-0.05, 0) is 24.1 Å². The summed E-state index contributed by atoms with van der Waals surface area (Å²) >= 11 is 0. The van der Waals surface area contributed by atoms with Crippen molar-refractivity contribution >= 4 is 22.8 Å². The molecule has 22 heavy (non-hydrogen) atoms. The molecular formula is C15H15FN6. The maximum absolute atomic E-state index is 13.3. The van der Waals surface area contributed by atoms with Gasteiger partial charge in [-0.2, -0.15) is 15.1 Å². The summed E-state index contributed by atoms with van der Waals surface area (Å²) in [5.74, 6) is 0.962. The van der Waals surface area contributed by atoms with E-state index in [4.69, 9.17) is 5.73 Å². The molecule has 1 aliphatic rings. The van der Waals surface area contributed by atoms with Crippen LogP contribution in [-0.2, 0) is 7.05 Å². The number of nitrogens with two attached hydrogens (primary N) is 1. The predicted octanol–water partition coefficient (Wildman–Crippen LogP) is 2.05. The molecule has 1 saturated carbocycles. The fraction of sp³-hybridized carbons (Fsp3) is 0.267. The summed E-state index contributed by atoms with van der Waals surface area (Å²) in [7, 11) is 1.81. The first-order valence-corrected chi connectivity index (χ1v) is 7.09. The van der Waals surface area contributed by atoms with Crippen LogP contribution in [-0.4, -0.2) is 25.8 Å². The fourth-order valence-corrected chi connectivity index (χ4v) is 2.73. The Labute approximate surface area is 126 Å². The number of rotatable bonds is 3. The molecule has 3 N–H and O–H groups in total. The van der Waals surface area contributed by atoms with Gasteiger partial charge in [0.15, 0.2) is 5.65 Å². The molecule has 0 unspecified atom stereocenters. The first kappa shape index (κ1) is 13.0. The topological polar surface area (TPSA) is 81.7 Å². The van der Waals surface area contributed by atoms with Crippen LogP contribution >= 0.6 is 0 Å². The van der Waals surface area contributed by atoms with Crippen LogP contribution in [0.15, 0.2) is 30.5 Å². The van der Waals surface area contributed by atoms with Crippen molar-refractivity contribution in [3.63, 3.8) is 0 Å². The quantitative estimate of drug-likeness (QED) is 0.773. The molecule has 1 fully saturated rings. The average Bonchev–Trinajstić information content (AvgIpc) is 3.15. The predicted molar refractivity (Wildman–Crippen MR) is 81.9 cm³/mol. The third-order valence-corrected chi connectivity index (χ3v) is 4.00. The van der Waals surface area contributed by atoms with Gasteiger partial charge in [-0.15, -0.1) is 0 Å². The molecule has 7 heteroatoms. The molecule has 0 amide bonds. The lowest BCUT2D eigenvalue weighted by atomic mass is 10.1. The summed E-state index contributed by atoms with van der Waals surface area (Å²) in [4.78, 5) is 8.71. The monoisotopic (exact) mass is 298 g/mol. The standard InChI is InChI=1S/C15H15FN6/c1-22-14-11(7-18-22)13(17)20-15(21-14)19-12-6-10(12)8-3-2-4-9(16)5-8/h2-5,7,10,12H,6H2,1H3,(H3,17,19,20,21)/t10-,12+/m0/s1. The number of halogens is 1. The van der Waals surface area contributed by atoms with Crippen molar-refractivity contribution in [1.29, 1.82) is 0 Å². The van der Waals surface area contributed by atoms with Gasteiger partial charge in [-0.3, -0.25) is 4.68 Å². The van der Waals surface area contributed by atoms with E-state index in [1.165, 1.54) is 6.07 Å². The Morgan fingerprint density at radius 2 is 2.23 bits per heavy atom. The number of fused-ring (bicyclic) bond motifs is 1. The molecule has 2 atom stereocenters. The number of anilines is 2. The van der Waals surface area contributed by atoms with Crippen molar-refractivity contribution in [2.45, 2.75) is 18.4 Å². The third-order valence-electron chi connectivity index (χ3n) is 4.00. The molecule has 3 aromatic rings. The lowest BCUT2D eigenvalue weighted by Gasteiger charge is -2.06. The zero-order valence-electron chi connectivity index (χ0n) is 12.0. The average molecular weight is 298 g/mol. The minimum atomic E-state index is -0.208. The normalized spacial score (nSPS) is 20.3. The van der Waals surface area contributed by atoms with Crippen LogP contribution in [0.1, 0.15) is 17.9 Å². The number of benzene rings is 1. The van der Waals surface area contributed by atoms with E-state index in [2.05, 4.69) is 20.4 Å². The van der Waals surface area contributed by atoms with E-state index in [1.54, 1.807) is 23.0 Å². The maximum atomic E-state index is 13.3. The molecule has 0 spiro atoms. The number of aromatic nitrogens is 4. The van der Waals surface area contributed by atoms with Crippen LogP contribution in [0.2, 0.25) is 0 Å². The Morgan fingerprint density at radius 1 is 1.36 bits per heavy atom. The van der Waals surface area contributed by atoms with E-state index in [0.717, 1.165) is 17.4 Å². The number of hydrogen-bond donors (Lipinski definition) is 2. The number of nitrogens with zero attached hydrogens (tertiary/aromatic N) is 4. The van der Waals surface area contributed by atoms with Crippen molar-refractivity contribution in [3.8, 4) is 0 Å². The van der Waals surface area contributed by atoms with Crippen molar-refractivity contribution < 1.29 is 4.39 Å². The van der Waals surface area contributed by atoms with Crippen molar-refractivity contribution in [2.75, 3.05) is 11.1 Å². The lowest BCUT2D eigenvalue weighted by molar-refractivity contribution is 0.625. The van der Waals surface area contributed by atoms with E-state index < -0.39 is 0 Å². The Balaban J connectivity index is 1.56. The fourth-order valence-electron chi connectivity index (χ4n) is 2.73. The maximum Gasteiger partial charge on any atom is 0.226 e. The highest BCUT2D eigenvalue weighted by atomic mass is 19.1. The third kappa shape index (κ3) is 2.14. The van der Waals surface area contributed by atoms with Gasteiger partial charge in [0, 0.05) is 19.0 Å². The van der Waals surface area contributed by atoms with Crippen LogP contribution in [0, 0.1) is 5.82 Å². The van der Waals surface area contributed by atoms with Crippen LogP contribution < -0.4 is 11.1 Å². The second kappa shape index (κ2) is 4.66. The zero-order valence-corrected chi connectivity index (χ0v) is 12.0. The highest BCUT2D eigenvalue weighted by Crippen LogP contribution is 2.42. The van der Waals surface area contributed by atoms with Crippen LogP contribution in [0.3, 0.4) is 0 Å². The number of hydrogen-bond acceptors (Lipinski definition) is 5. The Hall–Kier alpha value is -2.70. The van der Waals surface area contributed by atoms with Gasteiger partial charge < -0.3 is 11.1 Å². The summed E-state index contributed by atoms with van der Waals surface area (Å²) in [5.41, 5.74) is 7.62. The Kier molecular flexibility index (Phi) is 2.75. The summed E-state index contributed by atoms with van der Waals surface area (Å²) in [6, 6.07) is 6.90. The zero-order chi connectivity index (χ0) is 15.3. The number of nitrogen functional groups attached to an aromatic ring is 1. The van der Waals surface area contributed by atoms with E-state index >= 15 is 0 Å². The molecule has 112 valence electrons. The first-order valence-electron chi connectivity index (χ1n) is 7.09. The second-order valence-electron chi connectivity index (χ2n) is 5.59. The van der Waals surface area contributed by atoms with Crippen molar-refractivity contribution in [3.05, 3.63) is 41.8 Å². The van der Waals surface area contributed by atoms with E-state index in [-0.39, 0.29) is 17.8 Å². The van der Waals surface area contributed by atoms with Gasteiger partial charge in [-0.1, -0.05) is 12.1 Å². The van der Waals surface area contributed by atoms with Crippen LogP contribution in [0.25, 0.3) is 11.0 Å². The minimum absolute atomic E-state index is 0.201. The number of nitrogens with one attached hydrogen (secondary N) is 1. The van der Waals surface area contributed by atoms with Crippen molar-refractivity contribution in [1.82, 2.24) is 19.7 Å². The molecule has 1 aliphatic carbocycles. The highest BCUT2D eigenvalue weighted by Gasteiger charge is 2.39. The molecular weight excluding hydrogens is 283 g/mol. The highest BCUT2D eigenvalue weighted by molar-refractivity contribution is 5.86. The van der Waals surface area contributed by atoms with E-state index in [1.807, 2.05) is 13.1 Å². The SMILES string of the molecule is Cn1ncc2c(N)nc(N[C@@H]3C[C@H]3c3cccc(F)c3)nc21. The largest absolute Gasteiger partial charge is 0.383 e. The second-order valence-corrected chi connectivity index (χ2v) is 5.59. The molecule has 0 aliphatic heterocycles. The van der Waals surface area contributed by atoms with Gasteiger partial charge in [0.1, 0.15) is 11.6 Å². The molecule has 6 nitrogen and oxygen atoms in total. The van der Waals surface area contributed by atoms with Gasteiger partial charge >= 0.3 is 0 Å². The smallest absolute Gasteiger partial charge is 0.226 e. The Bertz CT molecular complexity index is 858. The first-order chi connectivity index (χ1) is 10.6. The van der Waals surface area contributed by atoms with Gasteiger partial charge in [0.25, 0.3) is 0 Å². The van der Waals surface area contributed by atoms with E-state index in [9.17, 15) is 4.39 Å². The molecule has 0 radical (unpaired) electrons. The molecule has 1 aromatic carbocycles. The molecule has 2 heterocycles. The minimum Gasteiger partial charge on any atom is -0.383 e. The lowest BCUT2D eigenvalue weighted by Crippen LogP contribution is -2.10. The molecule has 0 saturated heterocycles. The molecule has 0 bridgehead atoms. The summed E-state index contributed by atoms with van der Waals surface area (Å²) < 4.78 is 14.9. The number of aryl methyl sites for hydroxylation is 1. The summed E-state index contributed by atoms with van der Waals surface area (Å²) in [6.45, 7) is 0. The molecule has 4 rings (SSSR count). The van der Waals surface area contributed by atoms with Crippen molar-refractivity contribution in [2.24, 2.45) is 7.05 Å². The summed E-state index contributed by atoms with van der Waals surface area (Å²) in [5, 5.41) is 8.14. The Morgan fingerprint density at radius 3 is 3.05 bits per heavy atom. The summed E-state index contributed by atoms with van der Waals surface area (Å²) in [6.07, 6.45) is 2.58. The van der Waals surface area contributed by atoms with E-state index in [0.29, 0.717) is 17.4 Å². The molecule has 2 aromatic heterocycles. The van der Waals surface area contributed by atoms with Crippen LogP contribution in [0.4, 0.5) is 16.2 Å². The van der Waals surface area contributed by atoms with Gasteiger partial charge in [0.2, 0.25) is 5.95 Å². The van der Waals surface area contributed by atoms with Gasteiger partial charge in [-0.25, -0.2) is 4.39 Å².